The van der Waals surface area contributed by atoms with Crippen LogP contribution in [0.3, 0.4) is 0 Å². The Morgan fingerprint density at radius 3 is 2.75 bits per heavy atom. The molecular weight excluding hydrogens is 218 g/mol. The molecule has 0 amide bonds. The van der Waals surface area contributed by atoms with Crippen molar-refractivity contribution in [3.8, 4) is 0 Å². The van der Waals surface area contributed by atoms with Crippen LogP contribution in [0.5, 0.6) is 0 Å². The SMILES string of the molecule is Cc1ccccc1NCC(O)c1cccs1. The number of aliphatic hydroxyl groups is 1. The average molecular weight is 233 g/mol. The second kappa shape index (κ2) is 5.14. The Balaban J connectivity index is 1.95. The highest BCUT2D eigenvalue weighted by atomic mass is 32.1. The molecule has 3 heteroatoms. The number of anilines is 1. The third-order valence-electron chi connectivity index (χ3n) is 2.50. The van der Waals surface area contributed by atoms with Crippen LogP contribution in [0.15, 0.2) is 41.8 Å². The summed E-state index contributed by atoms with van der Waals surface area (Å²) in [4.78, 5) is 1.00. The quantitative estimate of drug-likeness (QED) is 0.850. The maximum Gasteiger partial charge on any atom is 0.105 e. The predicted octanol–water partition coefficient (Wildman–Crippen LogP) is 3.20. The molecule has 1 aromatic heterocycles. The summed E-state index contributed by atoms with van der Waals surface area (Å²) < 4.78 is 0. The molecule has 1 aromatic carbocycles. The van der Waals surface area contributed by atoms with Crippen molar-refractivity contribution in [2.75, 3.05) is 11.9 Å². The van der Waals surface area contributed by atoms with Crippen molar-refractivity contribution >= 4 is 17.0 Å². The molecule has 2 nitrogen and oxygen atoms in total. The number of rotatable bonds is 4. The zero-order valence-corrected chi connectivity index (χ0v) is 10.00. The van der Waals surface area contributed by atoms with E-state index in [1.165, 1.54) is 5.56 Å². The van der Waals surface area contributed by atoms with E-state index in [1.54, 1.807) is 11.3 Å². The molecule has 0 aliphatic carbocycles. The summed E-state index contributed by atoms with van der Waals surface area (Å²) in [5.74, 6) is 0. The zero-order valence-electron chi connectivity index (χ0n) is 9.18. The Labute approximate surface area is 99.6 Å². The number of benzene rings is 1. The summed E-state index contributed by atoms with van der Waals surface area (Å²) in [5.41, 5.74) is 2.28. The molecule has 0 radical (unpaired) electrons. The number of thiophene rings is 1. The van der Waals surface area contributed by atoms with E-state index < -0.39 is 6.10 Å². The van der Waals surface area contributed by atoms with Gasteiger partial charge in [0.25, 0.3) is 0 Å². The number of hydrogen-bond donors (Lipinski definition) is 2. The Morgan fingerprint density at radius 1 is 1.25 bits per heavy atom. The van der Waals surface area contributed by atoms with E-state index in [4.69, 9.17) is 0 Å². The van der Waals surface area contributed by atoms with E-state index in [2.05, 4.69) is 18.3 Å². The van der Waals surface area contributed by atoms with Gasteiger partial charge in [0.15, 0.2) is 0 Å². The van der Waals surface area contributed by atoms with Crippen LogP contribution in [0.1, 0.15) is 16.5 Å². The van der Waals surface area contributed by atoms with Gasteiger partial charge in [0.05, 0.1) is 0 Å². The summed E-state index contributed by atoms with van der Waals surface area (Å²) in [7, 11) is 0. The molecule has 2 rings (SSSR count). The van der Waals surface area contributed by atoms with Crippen LogP contribution in [-0.2, 0) is 0 Å². The van der Waals surface area contributed by atoms with Crippen LogP contribution in [0, 0.1) is 6.92 Å². The summed E-state index contributed by atoms with van der Waals surface area (Å²) in [6.45, 7) is 2.60. The van der Waals surface area contributed by atoms with Crippen LogP contribution in [0.4, 0.5) is 5.69 Å². The van der Waals surface area contributed by atoms with Gasteiger partial charge in [-0.3, -0.25) is 0 Å². The normalized spacial score (nSPS) is 12.4. The number of para-hydroxylation sites is 1. The van der Waals surface area contributed by atoms with Crippen LogP contribution < -0.4 is 5.32 Å². The van der Waals surface area contributed by atoms with Gasteiger partial charge in [0.1, 0.15) is 6.10 Å². The van der Waals surface area contributed by atoms with E-state index in [9.17, 15) is 5.11 Å². The topological polar surface area (TPSA) is 32.3 Å². The Kier molecular flexibility index (Phi) is 3.59. The first-order valence-corrected chi connectivity index (χ1v) is 6.16. The lowest BCUT2D eigenvalue weighted by atomic mass is 10.2. The second-order valence-corrected chi connectivity index (χ2v) is 4.71. The molecule has 0 aliphatic heterocycles. The molecule has 1 heterocycles. The molecule has 16 heavy (non-hydrogen) atoms. The minimum Gasteiger partial charge on any atom is -0.386 e. The molecular formula is C13H15NOS. The zero-order chi connectivity index (χ0) is 11.4. The van der Waals surface area contributed by atoms with Gasteiger partial charge in [-0.05, 0) is 30.0 Å². The fourth-order valence-electron chi connectivity index (χ4n) is 1.56. The number of nitrogens with one attached hydrogen (secondary N) is 1. The summed E-state index contributed by atoms with van der Waals surface area (Å²) in [6.07, 6.45) is -0.431. The summed E-state index contributed by atoms with van der Waals surface area (Å²) >= 11 is 1.58. The lowest BCUT2D eigenvalue weighted by Crippen LogP contribution is -2.11. The van der Waals surface area contributed by atoms with Crippen molar-refractivity contribution in [2.24, 2.45) is 0 Å². The number of aryl methyl sites for hydroxylation is 1. The lowest BCUT2D eigenvalue weighted by Gasteiger charge is -2.12. The van der Waals surface area contributed by atoms with Crippen molar-refractivity contribution in [1.82, 2.24) is 0 Å². The monoisotopic (exact) mass is 233 g/mol. The van der Waals surface area contributed by atoms with Gasteiger partial charge in [0, 0.05) is 17.1 Å². The fourth-order valence-corrected chi connectivity index (χ4v) is 2.27. The highest BCUT2D eigenvalue weighted by Gasteiger charge is 2.08. The molecule has 0 aliphatic rings. The fraction of sp³-hybridized carbons (Fsp3) is 0.231. The van der Waals surface area contributed by atoms with Crippen molar-refractivity contribution in [3.63, 3.8) is 0 Å². The van der Waals surface area contributed by atoms with Gasteiger partial charge in [-0.2, -0.15) is 0 Å². The molecule has 2 aromatic rings. The third-order valence-corrected chi connectivity index (χ3v) is 3.48. The molecule has 0 fully saturated rings. The van der Waals surface area contributed by atoms with Crippen molar-refractivity contribution < 1.29 is 5.11 Å². The third kappa shape index (κ3) is 2.62. The molecule has 0 bridgehead atoms. The number of hydrogen-bond acceptors (Lipinski definition) is 3. The molecule has 2 N–H and O–H groups in total. The van der Waals surface area contributed by atoms with E-state index in [1.807, 2.05) is 35.7 Å². The summed E-state index contributed by atoms with van der Waals surface area (Å²) in [6, 6.07) is 12.0. The largest absolute Gasteiger partial charge is 0.386 e. The summed E-state index contributed by atoms with van der Waals surface area (Å²) in [5, 5.41) is 15.1. The van der Waals surface area contributed by atoms with Gasteiger partial charge >= 0.3 is 0 Å². The smallest absolute Gasteiger partial charge is 0.105 e. The second-order valence-electron chi connectivity index (χ2n) is 3.73. The van der Waals surface area contributed by atoms with Crippen molar-refractivity contribution in [3.05, 3.63) is 52.2 Å². The molecule has 1 unspecified atom stereocenters. The minimum absolute atomic E-state index is 0.431. The van der Waals surface area contributed by atoms with E-state index >= 15 is 0 Å². The van der Waals surface area contributed by atoms with Crippen LogP contribution in [-0.4, -0.2) is 11.7 Å². The van der Waals surface area contributed by atoms with E-state index in [0.29, 0.717) is 6.54 Å². The minimum atomic E-state index is -0.431. The first-order valence-electron chi connectivity index (χ1n) is 5.28. The maximum atomic E-state index is 9.91. The highest BCUT2D eigenvalue weighted by molar-refractivity contribution is 7.10. The van der Waals surface area contributed by atoms with Gasteiger partial charge in [0.2, 0.25) is 0 Å². The van der Waals surface area contributed by atoms with Crippen molar-refractivity contribution in [2.45, 2.75) is 13.0 Å². The highest BCUT2D eigenvalue weighted by Crippen LogP contribution is 2.20. The lowest BCUT2D eigenvalue weighted by molar-refractivity contribution is 0.195. The Bertz CT molecular complexity index is 439. The van der Waals surface area contributed by atoms with Crippen LogP contribution in [0.25, 0.3) is 0 Å². The molecule has 0 saturated heterocycles. The van der Waals surface area contributed by atoms with Crippen LogP contribution in [0.2, 0.25) is 0 Å². The van der Waals surface area contributed by atoms with Gasteiger partial charge < -0.3 is 10.4 Å². The molecule has 1 atom stereocenters. The average Bonchev–Trinajstić information content (AvgIpc) is 2.81. The molecule has 84 valence electrons. The Morgan fingerprint density at radius 2 is 2.06 bits per heavy atom. The van der Waals surface area contributed by atoms with Gasteiger partial charge in [-0.1, -0.05) is 24.3 Å². The predicted molar refractivity (Wildman–Crippen MR) is 68.9 cm³/mol. The van der Waals surface area contributed by atoms with Crippen molar-refractivity contribution in [1.29, 1.82) is 0 Å². The maximum absolute atomic E-state index is 9.91. The van der Waals surface area contributed by atoms with E-state index in [0.717, 1.165) is 10.6 Å². The number of aliphatic hydroxyl groups excluding tert-OH is 1. The standard InChI is InChI=1S/C13H15NOS/c1-10-5-2-3-6-11(10)14-9-12(15)13-7-4-8-16-13/h2-8,12,14-15H,9H2,1H3. The van der Waals surface area contributed by atoms with Gasteiger partial charge in [-0.25, -0.2) is 0 Å². The molecule has 0 saturated carbocycles. The molecule has 0 spiro atoms. The Hall–Kier alpha value is -1.32. The van der Waals surface area contributed by atoms with Crippen LogP contribution >= 0.6 is 11.3 Å². The first kappa shape index (κ1) is 11.2. The first-order chi connectivity index (χ1) is 7.77. The van der Waals surface area contributed by atoms with Gasteiger partial charge in [-0.15, -0.1) is 11.3 Å². The van der Waals surface area contributed by atoms with E-state index in [-0.39, 0.29) is 0 Å².